The Morgan fingerprint density at radius 2 is 1.56 bits per heavy atom. The lowest BCUT2D eigenvalue weighted by Gasteiger charge is -2.05. The van der Waals surface area contributed by atoms with E-state index in [0.29, 0.717) is 26.4 Å². The summed E-state index contributed by atoms with van der Waals surface area (Å²) in [5.41, 5.74) is 0.408. The molecule has 0 unspecified atom stereocenters. The largest absolute Gasteiger partial charge is 0.423 e. The van der Waals surface area contributed by atoms with Crippen molar-refractivity contribution in [2.24, 2.45) is 0 Å². The monoisotopic (exact) mass is 300 g/mol. The number of carbonyl (C=O) groups is 1. The molecule has 0 aliphatic carbocycles. The van der Waals surface area contributed by atoms with Crippen LogP contribution in [-0.4, -0.2) is 5.97 Å². The number of hydrogen-bond acceptors (Lipinski definition) is 2. The number of esters is 1. The van der Waals surface area contributed by atoms with Crippen molar-refractivity contribution in [3.63, 3.8) is 0 Å². The van der Waals surface area contributed by atoms with Crippen LogP contribution in [0.15, 0.2) is 42.5 Å². The maximum Gasteiger partial charge on any atom is 0.343 e. The molecular weight excluding hydrogens is 294 g/mol. The number of benzene rings is 2. The Balaban J connectivity index is 2.16. The van der Waals surface area contributed by atoms with Gasteiger partial charge in [0.1, 0.15) is 5.75 Å². The highest BCUT2D eigenvalue weighted by molar-refractivity contribution is 6.42. The first-order valence-electron chi connectivity index (χ1n) is 4.99. The minimum absolute atomic E-state index is 0.332. The first-order valence-corrected chi connectivity index (χ1v) is 6.12. The highest BCUT2D eigenvalue weighted by Gasteiger charge is 2.09. The van der Waals surface area contributed by atoms with Gasteiger partial charge in [-0.05, 0) is 36.4 Å². The highest BCUT2D eigenvalue weighted by atomic mass is 35.5. The van der Waals surface area contributed by atoms with Gasteiger partial charge in [0.05, 0.1) is 15.6 Å². The van der Waals surface area contributed by atoms with E-state index < -0.39 is 5.97 Å². The van der Waals surface area contributed by atoms with Crippen LogP contribution in [0.2, 0.25) is 15.1 Å². The maximum atomic E-state index is 11.8. The fraction of sp³-hybridized carbons (Fsp3) is 0. The van der Waals surface area contributed by atoms with Crippen LogP contribution in [0.5, 0.6) is 5.75 Å². The molecular formula is C13H7Cl3O2. The van der Waals surface area contributed by atoms with Crippen LogP contribution in [-0.2, 0) is 0 Å². The summed E-state index contributed by atoms with van der Waals surface area (Å²) in [7, 11) is 0. The predicted molar refractivity (Wildman–Crippen MR) is 72.9 cm³/mol. The summed E-state index contributed by atoms with van der Waals surface area (Å²) in [5.74, 6) is -0.144. The van der Waals surface area contributed by atoms with Gasteiger partial charge in [0.15, 0.2) is 0 Å². The van der Waals surface area contributed by atoms with Crippen molar-refractivity contribution in [1.82, 2.24) is 0 Å². The second-order valence-electron chi connectivity index (χ2n) is 3.47. The van der Waals surface area contributed by atoms with Gasteiger partial charge in [-0.15, -0.1) is 0 Å². The molecule has 2 rings (SSSR count). The zero-order chi connectivity index (χ0) is 13.1. The molecule has 0 amide bonds. The number of hydrogen-bond donors (Lipinski definition) is 0. The summed E-state index contributed by atoms with van der Waals surface area (Å²) in [4.78, 5) is 11.8. The van der Waals surface area contributed by atoms with Gasteiger partial charge in [-0.3, -0.25) is 0 Å². The topological polar surface area (TPSA) is 26.3 Å². The molecule has 2 aromatic rings. The van der Waals surface area contributed by atoms with Crippen molar-refractivity contribution in [2.45, 2.75) is 0 Å². The third-order valence-electron chi connectivity index (χ3n) is 2.18. The Morgan fingerprint density at radius 3 is 2.17 bits per heavy atom. The van der Waals surface area contributed by atoms with E-state index in [4.69, 9.17) is 39.5 Å². The smallest absolute Gasteiger partial charge is 0.343 e. The molecule has 0 fully saturated rings. The minimum Gasteiger partial charge on any atom is -0.423 e. The van der Waals surface area contributed by atoms with Crippen LogP contribution in [0.25, 0.3) is 0 Å². The summed E-state index contributed by atoms with van der Waals surface area (Å²) in [6, 6.07) is 11.0. The molecule has 92 valence electrons. The van der Waals surface area contributed by atoms with Gasteiger partial charge in [0.2, 0.25) is 0 Å². The zero-order valence-corrected chi connectivity index (χ0v) is 11.3. The Labute approximate surface area is 119 Å². The van der Waals surface area contributed by atoms with Crippen LogP contribution in [0.4, 0.5) is 0 Å². The molecule has 0 radical (unpaired) electrons. The molecule has 0 saturated heterocycles. The normalized spacial score (nSPS) is 10.2. The van der Waals surface area contributed by atoms with Crippen molar-refractivity contribution in [2.75, 3.05) is 0 Å². The van der Waals surface area contributed by atoms with E-state index in [2.05, 4.69) is 0 Å². The SMILES string of the molecule is O=C(Oc1ccc(Cl)c(Cl)c1)c1ccc(Cl)cc1. The van der Waals surface area contributed by atoms with Gasteiger partial charge < -0.3 is 4.74 Å². The molecule has 0 saturated carbocycles. The lowest BCUT2D eigenvalue weighted by Crippen LogP contribution is -2.08. The Bertz CT molecular complexity index is 579. The van der Waals surface area contributed by atoms with Crippen molar-refractivity contribution in [3.8, 4) is 5.75 Å². The van der Waals surface area contributed by atoms with Crippen LogP contribution in [0.1, 0.15) is 10.4 Å². The van der Waals surface area contributed by atoms with Gasteiger partial charge in [-0.1, -0.05) is 34.8 Å². The molecule has 0 bridgehead atoms. The molecule has 0 aliphatic rings. The number of rotatable bonds is 2. The van der Waals surface area contributed by atoms with E-state index >= 15 is 0 Å². The third kappa shape index (κ3) is 3.16. The fourth-order valence-corrected chi connectivity index (χ4v) is 1.71. The third-order valence-corrected chi connectivity index (χ3v) is 3.17. The average Bonchev–Trinajstić information content (AvgIpc) is 2.34. The van der Waals surface area contributed by atoms with Gasteiger partial charge in [-0.25, -0.2) is 4.79 Å². The van der Waals surface area contributed by atoms with Crippen molar-refractivity contribution >= 4 is 40.8 Å². The molecule has 2 aromatic carbocycles. The molecule has 0 spiro atoms. The van der Waals surface area contributed by atoms with Crippen molar-refractivity contribution in [1.29, 1.82) is 0 Å². The Kier molecular flexibility index (Phi) is 4.12. The van der Waals surface area contributed by atoms with Crippen LogP contribution in [0.3, 0.4) is 0 Å². The summed E-state index contributed by atoms with van der Waals surface area (Å²) < 4.78 is 5.15. The van der Waals surface area contributed by atoms with Crippen LogP contribution in [0, 0.1) is 0 Å². The van der Waals surface area contributed by atoms with E-state index in [1.807, 2.05) is 0 Å². The minimum atomic E-state index is -0.481. The number of halogens is 3. The lowest BCUT2D eigenvalue weighted by atomic mass is 10.2. The molecule has 0 heterocycles. The predicted octanol–water partition coefficient (Wildman–Crippen LogP) is 4.87. The molecule has 0 aliphatic heterocycles. The summed E-state index contributed by atoms with van der Waals surface area (Å²) in [6.45, 7) is 0. The second kappa shape index (κ2) is 5.61. The standard InChI is InChI=1S/C13H7Cl3O2/c14-9-3-1-8(2-4-9)13(17)18-10-5-6-11(15)12(16)7-10/h1-7H. The summed E-state index contributed by atoms with van der Waals surface area (Å²) >= 11 is 17.3. The highest BCUT2D eigenvalue weighted by Crippen LogP contribution is 2.26. The van der Waals surface area contributed by atoms with E-state index in [-0.39, 0.29) is 0 Å². The first-order chi connectivity index (χ1) is 8.56. The molecule has 2 nitrogen and oxygen atoms in total. The zero-order valence-electron chi connectivity index (χ0n) is 8.99. The van der Waals surface area contributed by atoms with Gasteiger partial charge in [0, 0.05) is 11.1 Å². The van der Waals surface area contributed by atoms with E-state index in [1.165, 1.54) is 6.07 Å². The molecule has 0 aromatic heterocycles. The summed E-state index contributed by atoms with van der Waals surface area (Å²) in [6.07, 6.45) is 0. The second-order valence-corrected chi connectivity index (χ2v) is 4.72. The molecule has 18 heavy (non-hydrogen) atoms. The molecule has 0 atom stereocenters. The quantitative estimate of drug-likeness (QED) is 0.584. The van der Waals surface area contributed by atoms with Gasteiger partial charge in [0.25, 0.3) is 0 Å². The number of ether oxygens (including phenoxy) is 1. The van der Waals surface area contributed by atoms with Crippen molar-refractivity contribution in [3.05, 3.63) is 63.1 Å². The summed E-state index contributed by atoms with van der Waals surface area (Å²) in [5, 5.41) is 1.29. The van der Waals surface area contributed by atoms with E-state index in [0.717, 1.165) is 0 Å². The average molecular weight is 302 g/mol. The Hall–Kier alpha value is -1.22. The maximum absolute atomic E-state index is 11.8. The number of carbonyl (C=O) groups excluding carboxylic acids is 1. The van der Waals surface area contributed by atoms with E-state index in [1.54, 1.807) is 36.4 Å². The first kappa shape index (κ1) is 13.2. The van der Waals surface area contributed by atoms with Crippen LogP contribution >= 0.6 is 34.8 Å². The Morgan fingerprint density at radius 1 is 0.889 bits per heavy atom. The van der Waals surface area contributed by atoms with Crippen LogP contribution < -0.4 is 4.74 Å². The van der Waals surface area contributed by atoms with Gasteiger partial charge >= 0.3 is 5.97 Å². The van der Waals surface area contributed by atoms with Crippen molar-refractivity contribution < 1.29 is 9.53 Å². The lowest BCUT2D eigenvalue weighted by molar-refractivity contribution is 0.0735. The molecule has 0 N–H and O–H groups in total. The fourth-order valence-electron chi connectivity index (χ4n) is 1.29. The van der Waals surface area contributed by atoms with E-state index in [9.17, 15) is 4.79 Å². The molecule has 5 heteroatoms. The van der Waals surface area contributed by atoms with Gasteiger partial charge in [-0.2, -0.15) is 0 Å².